The van der Waals surface area contributed by atoms with Crippen molar-refractivity contribution in [2.45, 2.75) is 12.5 Å². The number of likely N-dealkylation sites (tertiary alicyclic amines) is 1. The SMILES string of the molecule is O=C(Nc1cnccn1)C1COC2CN(C(=O)Cc3cccc(F)c3)CC21. The summed E-state index contributed by atoms with van der Waals surface area (Å²) < 4.78 is 19.1. The molecular weight excluding hydrogens is 351 g/mol. The molecule has 0 saturated carbocycles. The largest absolute Gasteiger partial charge is 0.375 e. The number of halogens is 1. The van der Waals surface area contributed by atoms with Crippen LogP contribution in [0.15, 0.2) is 42.9 Å². The highest BCUT2D eigenvalue weighted by Gasteiger charge is 2.47. The van der Waals surface area contributed by atoms with Crippen molar-refractivity contribution >= 4 is 17.6 Å². The molecule has 0 aliphatic carbocycles. The molecule has 27 heavy (non-hydrogen) atoms. The molecule has 3 atom stereocenters. The normalized spacial score (nSPS) is 23.9. The summed E-state index contributed by atoms with van der Waals surface area (Å²) in [6.07, 6.45) is 4.50. The molecule has 8 heteroatoms. The molecule has 2 aliphatic heterocycles. The van der Waals surface area contributed by atoms with Crippen LogP contribution in [0.4, 0.5) is 10.2 Å². The Balaban J connectivity index is 1.37. The Kier molecular flexibility index (Phi) is 4.81. The van der Waals surface area contributed by atoms with Gasteiger partial charge in [-0.25, -0.2) is 9.37 Å². The topological polar surface area (TPSA) is 84.4 Å². The van der Waals surface area contributed by atoms with Gasteiger partial charge in [0, 0.05) is 31.4 Å². The number of ether oxygens (including phenoxy) is 1. The molecule has 0 bridgehead atoms. The molecule has 140 valence electrons. The third-order valence-corrected chi connectivity index (χ3v) is 5.06. The van der Waals surface area contributed by atoms with Crippen LogP contribution in [0.2, 0.25) is 0 Å². The van der Waals surface area contributed by atoms with Gasteiger partial charge in [0.05, 0.1) is 31.2 Å². The first-order valence-corrected chi connectivity index (χ1v) is 8.81. The lowest BCUT2D eigenvalue weighted by Crippen LogP contribution is -2.35. The second-order valence-electron chi connectivity index (χ2n) is 6.83. The summed E-state index contributed by atoms with van der Waals surface area (Å²) in [5.41, 5.74) is 0.634. The van der Waals surface area contributed by atoms with E-state index in [2.05, 4.69) is 15.3 Å². The van der Waals surface area contributed by atoms with Gasteiger partial charge in [-0.1, -0.05) is 12.1 Å². The average molecular weight is 370 g/mol. The minimum Gasteiger partial charge on any atom is -0.375 e. The van der Waals surface area contributed by atoms with E-state index < -0.39 is 0 Å². The highest BCUT2D eigenvalue weighted by Crippen LogP contribution is 2.34. The summed E-state index contributed by atoms with van der Waals surface area (Å²) >= 11 is 0. The molecule has 1 N–H and O–H groups in total. The molecule has 3 unspecified atom stereocenters. The fourth-order valence-electron chi connectivity index (χ4n) is 3.70. The fourth-order valence-corrected chi connectivity index (χ4v) is 3.70. The second-order valence-corrected chi connectivity index (χ2v) is 6.83. The first-order chi connectivity index (χ1) is 13.1. The third-order valence-electron chi connectivity index (χ3n) is 5.06. The number of benzene rings is 1. The van der Waals surface area contributed by atoms with E-state index in [0.29, 0.717) is 31.1 Å². The Morgan fingerprint density at radius 2 is 2.19 bits per heavy atom. The van der Waals surface area contributed by atoms with Crippen molar-refractivity contribution in [3.05, 3.63) is 54.2 Å². The zero-order chi connectivity index (χ0) is 18.8. The first kappa shape index (κ1) is 17.5. The van der Waals surface area contributed by atoms with Gasteiger partial charge in [0.1, 0.15) is 5.82 Å². The van der Waals surface area contributed by atoms with Crippen LogP contribution in [-0.4, -0.2) is 52.5 Å². The highest BCUT2D eigenvalue weighted by molar-refractivity contribution is 5.92. The number of anilines is 1. The van der Waals surface area contributed by atoms with Gasteiger partial charge < -0.3 is 15.0 Å². The van der Waals surface area contributed by atoms with E-state index in [1.807, 2.05) is 0 Å². The van der Waals surface area contributed by atoms with E-state index in [-0.39, 0.29) is 42.0 Å². The number of nitrogens with zero attached hydrogens (tertiary/aromatic N) is 3. The Morgan fingerprint density at radius 3 is 2.96 bits per heavy atom. The number of hydrogen-bond donors (Lipinski definition) is 1. The zero-order valence-corrected chi connectivity index (χ0v) is 14.5. The van der Waals surface area contributed by atoms with E-state index in [1.54, 1.807) is 17.0 Å². The zero-order valence-electron chi connectivity index (χ0n) is 14.5. The van der Waals surface area contributed by atoms with Gasteiger partial charge in [0.2, 0.25) is 11.8 Å². The molecule has 2 aromatic rings. The molecule has 0 spiro atoms. The molecular formula is C19H19FN4O3. The van der Waals surface area contributed by atoms with Crippen molar-refractivity contribution in [2.75, 3.05) is 25.0 Å². The number of fused-ring (bicyclic) bond motifs is 1. The molecule has 7 nitrogen and oxygen atoms in total. The lowest BCUT2D eigenvalue weighted by molar-refractivity contribution is -0.131. The smallest absolute Gasteiger partial charge is 0.231 e. The summed E-state index contributed by atoms with van der Waals surface area (Å²) in [7, 11) is 0. The maximum absolute atomic E-state index is 13.3. The third kappa shape index (κ3) is 3.80. The average Bonchev–Trinajstić information content (AvgIpc) is 3.23. The van der Waals surface area contributed by atoms with Crippen molar-refractivity contribution in [3.8, 4) is 0 Å². The summed E-state index contributed by atoms with van der Waals surface area (Å²) in [5.74, 6) is -0.637. The fraction of sp³-hybridized carbons (Fsp3) is 0.368. The minimum absolute atomic E-state index is 0.0573. The molecule has 2 aliphatic rings. The minimum atomic E-state index is -0.359. The van der Waals surface area contributed by atoms with Crippen LogP contribution in [0.1, 0.15) is 5.56 Å². The van der Waals surface area contributed by atoms with Crippen molar-refractivity contribution in [1.82, 2.24) is 14.9 Å². The Morgan fingerprint density at radius 1 is 1.30 bits per heavy atom. The van der Waals surface area contributed by atoms with Crippen LogP contribution in [0.5, 0.6) is 0 Å². The predicted octanol–water partition coefficient (Wildman–Crippen LogP) is 1.27. The van der Waals surface area contributed by atoms with Gasteiger partial charge in [0.25, 0.3) is 0 Å². The number of aromatic nitrogens is 2. The molecule has 4 rings (SSSR count). The van der Waals surface area contributed by atoms with Gasteiger partial charge in [-0.05, 0) is 17.7 Å². The lowest BCUT2D eigenvalue weighted by atomic mass is 9.92. The number of carbonyl (C=O) groups is 2. The maximum atomic E-state index is 13.3. The monoisotopic (exact) mass is 370 g/mol. The number of hydrogen-bond acceptors (Lipinski definition) is 5. The molecule has 1 aromatic carbocycles. The molecule has 2 amide bonds. The van der Waals surface area contributed by atoms with Crippen LogP contribution in [0, 0.1) is 17.7 Å². The van der Waals surface area contributed by atoms with Crippen molar-refractivity contribution in [3.63, 3.8) is 0 Å². The van der Waals surface area contributed by atoms with Crippen LogP contribution in [0.25, 0.3) is 0 Å². The second kappa shape index (κ2) is 7.40. The first-order valence-electron chi connectivity index (χ1n) is 8.81. The van der Waals surface area contributed by atoms with Crippen LogP contribution >= 0.6 is 0 Å². The number of amides is 2. The van der Waals surface area contributed by atoms with E-state index in [1.165, 1.54) is 30.7 Å². The molecule has 0 radical (unpaired) electrons. The maximum Gasteiger partial charge on any atom is 0.231 e. The predicted molar refractivity (Wildman–Crippen MR) is 94.1 cm³/mol. The van der Waals surface area contributed by atoms with Crippen LogP contribution in [-0.2, 0) is 20.7 Å². The number of nitrogens with one attached hydrogen (secondary N) is 1. The summed E-state index contributed by atoms with van der Waals surface area (Å²) in [6.45, 7) is 1.23. The number of carbonyl (C=O) groups excluding carboxylic acids is 2. The Bertz CT molecular complexity index is 848. The van der Waals surface area contributed by atoms with Crippen LogP contribution in [0.3, 0.4) is 0 Å². The highest BCUT2D eigenvalue weighted by atomic mass is 19.1. The van der Waals surface area contributed by atoms with Gasteiger partial charge in [0.15, 0.2) is 5.82 Å². The van der Waals surface area contributed by atoms with Crippen molar-refractivity contribution < 1.29 is 18.7 Å². The van der Waals surface area contributed by atoms with Gasteiger partial charge in [-0.15, -0.1) is 0 Å². The Hall–Kier alpha value is -2.87. The lowest BCUT2D eigenvalue weighted by Gasteiger charge is -2.19. The van der Waals surface area contributed by atoms with Crippen LogP contribution < -0.4 is 5.32 Å². The van der Waals surface area contributed by atoms with E-state index in [4.69, 9.17) is 4.74 Å². The van der Waals surface area contributed by atoms with Crippen molar-refractivity contribution in [1.29, 1.82) is 0 Å². The quantitative estimate of drug-likeness (QED) is 0.876. The Labute approximate surface area is 155 Å². The standard InChI is InChI=1S/C19H19FN4O3/c20-13-3-1-2-12(6-13)7-18(25)24-9-14-15(11-27-16(14)10-24)19(26)23-17-8-21-4-5-22-17/h1-6,8,14-16H,7,9-11H2,(H,22,23,26). The van der Waals surface area contributed by atoms with E-state index in [9.17, 15) is 14.0 Å². The number of rotatable bonds is 4. The molecule has 1 aromatic heterocycles. The molecule has 3 heterocycles. The van der Waals surface area contributed by atoms with E-state index in [0.717, 1.165) is 0 Å². The summed E-state index contributed by atoms with van der Waals surface area (Å²) in [6, 6.07) is 6.03. The van der Waals surface area contributed by atoms with E-state index >= 15 is 0 Å². The summed E-state index contributed by atoms with van der Waals surface area (Å²) in [5, 5.41) is 2.75. The molecule has 2 fully saturated rings. The van der Waals surface area contributed by atoms with Gasteiger partial charge in [-0.3, -0.25) is 14.6 Å². The van der Waals surface area contributed by atoms with Gasteiger partial charge >= 0.3 is 0 Å². The van der Waals surface area contributed by atoms with Gasteiger partial charge in [-0.2, -0.15) is 0 Å². The van der Waals surface area contributed by atoms with Crippen molar-refractivity contribution in [2.24, 2.45) is 11.8 Å². The summed E-state index contributed by atoms with van der Waals surface area (Å²) in [4.78, 5) is 34.8. The molecule has 2 saturated heterocycles.